The van der Waals surface area contributed by atoms with Gasteiger partial charge in [0.05, 0.1) is 24.3 Å². The maximum absolute atomic E-state index is 12.1. The molecule has 4 aromatic rings. The van der Waals surface area contributed by atoms with Gasteiger partial charge in [-0.2, -0.15) is 5.10 Å². The van der Waals surface area contributed by atoms with E-state index in [2.05, 4.69) is 50.1 Å². The molecule has 4 aromatic heterocycles. The first-order valence-corrected chi connectivity index (χ1v) is 10.3. The van der Waals surface area contributed by atoms with Gasteiger partial charge in [0.15, 0.2) is 5.65 Å². The van der Waals surface area contributed by atoms with Crippen LogP contribution in [-0.4, -0.2) is 78.3 Å². The molecule has 12 heteroatoms. The number of piperazine rings is 1. The van der Waals surface area contributed by atoms with Gasteiger partial charge in [-0.25, -0.2) is 29.6 Å². The van der Waals surface area contributed by atoms with Crippen molar-refractivity contribution in [3.63, 3.8) is 0 Å². The molecule has 0 unspecified atom stereocenters. The van der Waals surface area contributed by atoms with E-state index >= 15 is 0 Å². The highest BCUT2D eigenvalue weighted by Gasteiger charge is 2.22. The summed E-state index contributed by atoms with van der Waals surface area (Å²) in [4.78, 5) is 42.0. The Balaban J connectivity index is 1.24. The molecule has 5 rings (SSSR count). The van der Waals surface area contributed by atoms with Crippen molar-refractivity contribution in [1.29, 1.82) is 0 Å². The van der Waals surface area contributed by atoms with Crippen LogP contribution >= 0.6 is 0 Å². The third-order valence-corrected chi connectivity index (χ3v) is 5.23. The monoisotopic (exact) mass is 431 g/mol. The molecule has 0 radical (unpaired) electrons. The van der Waals surface area contributed by atoms with Crippen molar-refractivity contribution in [1.82, 2.24) is 45.0 Å². The van der Waals surface area contributed by atoms with Gasteiger partial charge >= 0.3 is 0 Å². The quantitative estimate of drug-likeness (QED) is 0.450. The highest BCUT2D eigenvalue weighted by atomic mass is 16.1. The molecule has 1 N–H and O–H groups in total. The first-order chi connectivity index (χ1) is 15.8. The predicted octanol–water partition coefficient (Wildman–Crippen LogP) is 0.163. The van der Waals surface area contributed by atoms with E-state index in [9.17, 15) is 4.79 Å². The summed E-state index contributed by atoms with van der Waals surface area (Å²) in [5.41, 5.74) is 1.01. The molecule has 1 aliphatic heterocycles. The Hall–Kier alpha value is -4.22. The Morgan fingerprint density at radius 2 is 1.72 bits per heavy atom. The van der Waals surface area contributed by atoms with Crippen molar-refractivity contribution in [2.75, 3.05) is 42.5 Å². The number of hydrogen-bond donors (Lipinski definition) is 1. The van der Waals surface area contributed by atoms with Gasteiger partial charge < -0.3 is 15.1 Å². The van der Waals surface area contributed by atoms with Gasteiger partial charge in [0.2, 0.25) is 5.95 Å². The molecule has 0 aliphatic carbocycles. The van der Waals surface area contributed by atoms with Crippen molar-refractivity contribution in [2.45, 2.75) is 6.54 Å². The van der Waals surface area contributed by atoms with Crippen LogP contribution in [0.5, 0.6) is 0 Å². The summed E-state index contributed by atoms with van der Waals surface area (Å²) in [5, 5.41) is 8.17. The summed E-state index contributed by atoms with van der Waals surface area (Å²) >= 11 is 0. The third kappa shape index (κ3) is 4.02. The fraction of sp³-hybridized carbons (Fsp3) is 0.300. The molecule has 5 heterocycles. The summed E-state index contributed by atoms with van der Waals surface area (Å²) in [6.07, 6.45) is 11.3. The van der Waals surface area contributed by atoms with Crippen LogP contribution in [0.2, 0.25) is 0 Å². The van der Waals surface area contributed by atoms with Gasteiger partial charge in [0.25, 0.3) is 5.91 Å². The molecule has 162 valence electrons. The van der Waals surface area contributed by atoms with E-state index in [-0.39, 0.29) is 11.6 Å². The number of aromatic nitrogens is 8. The smallest absolute Gasteiger partial charge is 0.271 e. The van der Waals surface area contributed by atoms with Crippen molar-refractivity contribution in [3.05, 3.63) is 55.3 Å². The van der Waals surface area contributed by atoms with Gasteiger partial charge in [0, 0.05) is 57.5 Å². The Morgan fingerprint density at radius 1 is 0.906 bits per heavy atom. The maximum Gasteiger partial charge on any atom is 0.271 e. The van der Waals surface area contributed by atoms with Crippen molar-refractivity contribution in [2.24, 2.45) is 0 Å². The average Bonchev–Trinajstić information content (AvgIpc) is 3.28. The highest BCUT2D eigenvalue weighted by molar-refractivity contribution is 5.91. The van der Waals surface area contributed by atoms with Crippen molar-refractivity contribution >= 4 is 28.7 Å². The van der Waals surface area contributed by atoms with Crippen LogP contribution in [0.1, 0.15) is 10.5 Å². The Labute approximate surface area is 183 Å². The van der Waals surface area contributed by atoms with Crippen LogP contribution in [0, 0.1) is 0 Å². The molecule has 12 nitrogen and oxygen atoms in total. The van der Waals surface area contributed by atoms with Crippen LogP contribution in [0.25, 0.3) is 11.0 Å². The summed E-state index contributed by atoms with van der Waals surface area (Å²) in [6.45, 7) is 4.07. The van der Waals surface area contributed by atoms with Crippen LogP contribution in [0.15, 0.2) is 49.6 Å². The molecule has 1 fully saturated rings. The van der Waals surface area contributed by atoms with Crippen LogP contribution in [-0.2, 0) is 6.54 Å². The predicted molar refractivity (Wildman–Crippen MR) is 116 cm³/mol. The van der Waals surface area contributed by atoms with Gasteiger partial charge in [-0.05, 0) is 6.07 Å². The Bertz CT molecular complexity index is 1190. The molecule has 1 amide bonds. The third-order valence-electron chi connectivity index (χ3n) is 5.23. The lowest BCUT2D eigenvalue weighted by atomic mass is 10.3. The summed E-state index contributed by atoms with van der Waals surface area (Å²) in [5.74, 6) is 1.33. The summed E-state index contributed by atoms with van der Waals surface area (Å²) < 4.78 is 1.77. The minimum Gasteiger partial charge on any atom is -0.352 e. The van der Waals surface area contributed by atoms with E-state index in [0.717, 1.165) is 49.0 Å². The largest absolute Gasteiger partial charge is 0.352 e. The van der Waals surface area contributed by atoms with Crippen molar-refractivity contribution in [3.8, 4) is 0 Å². The number of nitrogens with one attached hydrogen (secondary N) is 1. The Morgan fingerprint density at radius 3 is 2.50 bits per heavy atom. The lowest BCUT2D eigenvalue weighted by molar-refractivity contribution is 0.0946. The lowest BCUT2D eigenvalue weighted by Crippen LogP contribution is -2.47. The first-order valence-electron chi connectivity index (χ1n) is 10.3. The zero-order valence-electron chi connectivity index (χ0n) is 17.2. The SMILES string of the molecule is O=C(NCCn1ncc2c(N3CCN(c4ncccn4)CC3)ncnc21)c1cnccn1. The van der Waals surface area contributed by atoms with Gasteiger partial charge in [-0.3, -0.25) is 9.78 Å². The minimum atomic E-state index is -0.273. The molecule has 0 saturated carbocycles. The number of amides is 1. The zero-order valence-corrected chi connectivity index (χ0v) is 17.2. The number of rotatable bonds is 6. The molecule has 1 aliphatic rings. The van der Waals surface area contributed by atoms with Crippen molar-refractivity contribution < 1.29 is 4.79 Å². The standard InChI is InChI=1S/C20H21N11O/c32-19(16-13-21-4-5-22-16)23-6-7-31-18-15(12-28-31)17(26-14-27-18)29-8-10-30(11-9-29)20-24-2-1-3-25-20/h1-5,12-14H,6-11H2,(H,23,32). The van der Waals surface area contributed by atoms with E-state index in [1.165, 1.54) is 18.6 Å². The zero-order chi connectivity index (χ0) is 21.8. The molecule has 0 aromatic carbocycles. The van der Waals surface area contributed by atoms with Gasteiger partial charge in [-0.15, -0.1) is 0 Å². The fourth-order valence-corrected chi connectivity index (χ4v) is 3.65. The number of carbonyl (C=O) groups is 1. The number of hydrogen-bond acceptors (Lipinski definition) is 10. The molecule has 0 bridgehead atoms. The highest BCUT2D eigenvalue weighted by Crippen LogP contribution is 2.24. The second-order valence-electron chi connectivity index (χ2n) is 7.17. The number of fused-ring (bicyclic) bond motifs is 1. The normalized spacial score (nSPS) is 14.0. The molecular weight excluding hydrogens is 410 g/mol. The Kier molecular flexibility index (Phi) is 5.47. The minimum absolute atomic E-state index is 0.273. The van der Waals surface area contributed by atoms with E-state index in [0.29, 0.717) is 13.1 Å². The van der Waals surface area contributed by atoms with Gasteiger partial charge in [-0.1, -0.05) is 0 Å². The second-order valence-corrected chi connectivity index (χ2v) is 7.17. The maximum atomic E-state index is 12.1. The molecule has 32 heavy (non-hydrogen) atoms. The number of nitrogens with zero attached hydrogens (tertiary/aromatic N) is 10. The van der Waals surface area contributed by atoms with E-state index < -0.39 is 0 Å². The average molecular weight is 431 g/mol. The lowest BCUT2D eigenvalue weighted by Gasteiger charge is -2.35. The van der Waals surface area contributed by atoms with Gasteiger partial charge in [0.1, 0.15) is 17.8 Å². The van der Waals surface area contributed by atoms with Crippen LogP contribution in [0.3, 0.4) is 0 Å². The van der Waals surface area contributed by atoms with E-state index in [4.69, 9.17) is 0 Å². The summed E-state index contributed by atoms with van der Waals surface area (Å²) in [6, 6.07) is 1.82. The van der Waals surface area contributed by atoms with E-state index in [1.807, 2.05) is 6.07 Å². The summed E-state index contributed by atoms with van der Waals surface area (Å²) in [7, 11) is 0. The second kappa shape index (κ2) is 8.88. The number of anilines is 2. The molecular formula is C20H21N11O. The molecule has 0 spiro atoms. The van der Waals surface area contributed by atoms with Crippen LogP contribution in [0.4, 0.5) is 11.8 Å². The van der Waals surface area contributed by atoms with Crippen LogP contribution < -0.4 is 15.1 Å². The van der Waals surface area contributed by atoms with E-state index in [1.54, 1.807) is 29.6 Å². The molecule has 0 atom stereocenters. The first kappa shape index (κ1) is 19.7. The topological polar surface area (TPSA) is 131 Å². The molecule has 1 saturated heterocycles. The fourth-order valence-electron chi connectivity index (χ4n) is 3.65. The number of carbonyl (C=O) groups excluding carboxylic acids is 1.